The van der Waals surface area contributed by atoms with Crippen molar-refractivity contribution in [2.75, 3.05) is 12.3 Å². The van der Waals surface area contributed by atoms with Gasteiger partial charge in [-0.3, -0.25) is 4.79 Å². The van der Waals surface area contributed by atoms with Crippen molar-refractivity contribution in [2.24, 2.45) is 0 Å². The first-order valence-electron chi connectivity index (χ1n) is 7.08. The van der Waals surface area contributed by atoms with E-state index in [0.717, 1.165) is 22.4 Å². The molecule has 2 rings (SSSR count). The molecule has 1 aliphatic rings. The van der Waals surface area contributed by atoms with E-state index < -0.39 is 11.5 Å². The van der Waals surface area contributed by atoms with Crippen LogP contribution < -0.4 is 0 Å². The number of aryl methyl sites for hydroxylation is 2. The van der Waals surface area contributed by atoms with E-state index in [1.807, 2.05) is 26.0 Å². The SMILES string of the molecule is Cc1ccc(C)c(SCC(=O)N2CCCC2(C)C(=O)O)c1. The minimum atomic E-state index is -1.04. The number of aliphatic carboxylic acids is 1. The van der Waals surface area contributed by atoms with Crippen LogP contribution in [0.4, 0.5) is 0 Å². The first kappa shape index (κ1) is 15.9. The van der Waals surface area contributed by atoms with E-state index in [4.69, 9.17) is 0 Å². The van der Waals surface area contributed by atoms with Gasteiger partial charge in [-0.05, 0) is 45.2 Å². The Morgan fingerprint density at radius 2 is 2.10 bits per heavy atom. The zero-order valence-corrected chi connectivity index (χ0v) is 13.5. The van der Waals surface area contributed by atoms with Crippen LogP contribution >= 0.6 is 11.8 Å². The Morgan fingerprint density at radius 3 is 2.76 bits per heavy atom. The van der Waals surface area contributed by atoms with Crippen molar-refractivity contribution in [3.63, 3.8) is 0 Å². The minimum Gasteiger partial charge on any atom is -0.480 e. The molecule has 21 heavy (non-hydrogen) atoms. The quantitative estimate of drug-likeness (QED) is 0.869. The number of nitrogens with zero attached hydrogens (tertiary/aromatic N) is 1. The second-order valence-electron chi connectivity index (χ2n) is 5.79. The summed E-state index contributed by atoms with van der Waals surface area (Å²) in [6.45, 7) is 6.22. The summed E-state index contributed by atoms with van der Waals surface area (Å²) in [4.78, 5) is 26.4. The Kier molecular flexibility index (Phi) is 4.61. The molecule has 1 heterocycles. The summed E-state index contributed by atoms with van der Waals surface area (Å²) >= 11 is 1.48. The Bertz CT molecular complexity index is 573. The molecule has 1 N–H and O–H groups in total. The highest BCUT2D eigenvalue weighted by Crippen LogP contribution is 2.31. The average Bonchev–Trinajstić information content (AvgIpc) is 2.83. The van der Waals surface area contributed by atoms with Crippen LogP contribution in [-0.4, -0.2) is 39.7 Å². The van der Waals surface area contributed by atoms with Crippen LogP contribution in [0.3, 0.4) is 0 Å². The van der Waals surface area contributed by atoms with Gasteiger partial charge < -0.3 is 10.0 Å². The number of rotatable bonds is 4. The molecule has 1 amide bonds. The number of benzene rings is 1. The summed E-state index contributed by atoms with van der Waals surface area (Å²) in [5.41, 5.74) is 1.26. The van der Waals surface area contributed by atoms with Crippen molar-refractivity contribution in [1.29, 1.82) is 0 Å². The number of carbonyl (C=O) groups is 2. The van der Waals surface area contributed by atoms with E-state index in [9.17, 15) is 14.7 Å². The fourth-order valence-corrected chi connectivity index (χ4v) is 3.67. The van der Waals surface area contributed by atoms with Crippen molar-refractivity contribution in [1.82, 2.24) is 4.90 Å². The van der Waals surface area contributed by atoms with Crippen molar-refractivity contribution in [2.45, 2.75) is 44.0 Å². The van der Waals surface area contributed by atoms with Crippen molar-refractivity contribution in [3.8, 4) is 0 Å². The van der Waals surface area contributed by atoms with Crippen molar-refractivity contribution >= 4 is 23.6 Å². The van der Waals surface area contributed by atoms with Gasteiger partial charge in [-0.1, -0.05) is 17.7 Å². The Morgan fingerprint density at radius 1 is 1.38 bits per heavy atom. The van der Waals surface area contributed by atoms with Gasteiger partial charge in [0.05, 0.1) is 5.75 Å². The lowest BCUT2D eigenvalue weighted by Crippen LogP contribution is -2.51. The standard InChI is InChI=1S/C16H21NO3S/c1-11-5-6-12(2)13(9-11)21-10-14(18)17-8-4-7-16(17,3)15(19)20/h5-6,9H,4,7-8,10H2,1-3H3,(H,19,20). The zero-order valence-electron chi connectivity index (χ0n) is 12.7. The van der Waals surface area contributed by atoms with Gasteiger partial charge in [0.2, 0.25) is 5.91 Å². The number of hydrogen-bond acceptors (Lipinski definition) is 3. The lowest BCUT2D eigenvalue weighted by atomic mass is 9.99. The van der Waals surface area contributed by atoms with Crippen molar-refractivity contribution < 1.29 is 14.7 Å². The summed E-state index contributed by atoms with van der Waals surface area (Å²) in [6.07, 6.45) is 1.28. The predicted molar refractivity (Wildman–Crippen MR) is 83.6 cm³/mol. The number of amides is 1. The van der Waals surface area contributed by atoms with E-state index >= 15 is 0 Å². The molecule has 0 bridgehead atoms. The van der Waals surface area contributed by atoms with Crippen LogP contribution in [0, 0.1) is 13.8 Å². The molecule has 4 nitrogen and oxygen atoms in total. The smallest absolute Gasteiger partial charge is 0.329 e. The van der Waals surface area contributed by atoms with Gasteiger partial charge in [0.15, 0.2) is 0 Å². The third-order valence-electron chi connectivity index (χ3n) is 4.10. The molecule has 0 spiro atoms. The molecular weight excluding hydrogens is 286 g/mol. The van der Waals surface area contributed by atoms with E-state index in [0.29, 0.717) is 13.0 Å². The molecule has 1 saturated heterocycles. The first-order valence-corrected chi connectivity index (χ1v) is 8.07. The fraction of sp³-hybridized carbons (Fsp3) is 0.500. The summed E-state index contributed by atoms with van der Waals surface area (Å²) < 4.78 is 0. The van der Waals surface area contributed by atoms with E-state index in [1.54, 1.807) is 6.92 Å². The van der Waals surface area contributed by atoms with Gasteiger partial charge >= 0.3 is 5.97 Å². The molecular formula is C16H21NO3S. The molecule has 1 aliphatic heterocycles. The minimum absolute atomic E-state index is 0.0942. The molecule has 0 aliphatic carbocycles. The maximum atomic E-state index is 12.4. The van der Waals surface area contributed by atoms with Gasteiger partial charge in [-0.15, -0.1) is 11.8 Å². The van der Waals surface area contributed by atoms with Crippen molar-refractivity contribution in [3.05, 3.63) is 29.3 Å². The van der Waals surface area contributed by atoms with Crippen LogP contribution in [0.25, 0.3) is 0 Å². The Balaban J connectivity index is 2.05. The summed E-state index contributed by atoms with van der Waals surface area (Å²) in [5.74, 6) is -0.721. The second kappa shape index (κ2) is 6.10. The molecule has 1 aromatic rings. The van der Waals surface area contributed by atoms with Gasteiger partial charge in [0.25, 0.3) is 0 Å². The first-order chi connectivity index (χ1) is 9.84. The molecule has 1 fully saturated rings. The maximum Gasteiger partial charge on any atom is 0.329 e. The number of carbonyl (C=O) groups excluding carboxylic acids is 1. The number of carboxylic acids is 1. The average molecular weight is 307 g/mol. The molecule has 0 aromatic heterocycles. The lowest BCUT2D eigenvalue weighted by molar-refractivity contribution is -0.154. The largest absolute Gasteiger partial charge is 0.480 e. The molecule has 1 atom stereocenters. The van der Waals surface area contributed by atoms with Crippen LogP contribution in [0.15, 0.2) is 23.1 Å². The topological polar surface area (TPSA) is 57.6 Å². The molecule has 1 aromatic carbocycles. The van der Waals surface area contributed by atoms with Crippen LogP contribution in [0.2, 0.25) is 0 Å². The molecule has 5 heteroatoms. The highest BCUT2D eigenvalue weighted by Gasteiger charge is 2.45. The lowest BCUT2D eigenvalue weighted by Gasteiger charge is -2.31. The normalized spacial score (nSPS) is 21.6. The highest BCUT2D eigenvalue weighted by molar-refractivity contribution is 8.00. The number of hydrogen-bond donors (Lipinski definition) is 1. The second-order valence-corrected chi connectivity index (χ2v) is 6.80. The maximum absolute atomic E-state index is 12.4. The van der Waals surface area contributed by atoms with Gasteiger partial charge in [-0.2, -0.15) is 0 Å². The fourth-order valence-electron chi connectivity index (χ4n) is 2.67. The molecule has 114 valence electrons. The van der Waals surface area contributed by atoms with E-state index in [1.165, 1.54) is 16.7 Å². The summed E-state index contributed by atoms with van der Waals surface area (Å²) in [5, 5.41) is 9.36. The number of likely N-dealkylation sites (tertiary alicyclic amines) is 1. The molecule has 0 radical (unpaired) electrons. The van der Waals surface area contributed by atoms with E-state index in [-0.39, 0.29) is 11.7 Å². The third-order valence-corrected chi connectivity index (χ3v) is 5.24. The number of carboxylic acid groups (broad SMARTS) is 1. The van der Waals surface area contributed by atoms with Gasteiger partial charge in [-0.25, -0.2) is 4.79 Å². The summed E-state index contributed by atoms with van der Waals surface area (Å²) in [6, 6.07) is 6.15. The van der Waals surface area contributed by atoms with Crippen LogP contribution in [-0.2, 0) is 9.59 Å². The predicted octanol–water partition coefficient (Wildman–Crippen LogP) is 2.86. The number of thioether (sulfide) groups is 1. The zero-order chi connectivity index (χ0) is 15.6. The van der Waals surface area contributed by atoms with Crippen LogP contribution in [0.1, 0.15) is 30.9 Å². The Hall–Kier alpha value is -1.49. The van der Waals surface area contributed by atoms with Gasteiger partial charge in [0.1, 0.15) is 5.54 Å². The van der Waals surface area contributed by atoms with Gasteiger partial charge in [0, 0.05) is 11.4 Å². The van der Waals surface area contributed by atoms with Crippen LogP contribution in [0.5, 0.6) is 0 Å². The third kappa shape index (κ3) is 3.23. The monoisotopic (exact) mass is 307 g/mol. The Labute approximate surface area is 129 Å². The summed E-state index contributed by atoms with van der Waals surface area (Å²) in [7, 11) is 0. The molecule has 0 saturated carbocycles. The highest BCUT2D eigenvalue weighted by atomic mass is 32.2. The van der Waals surface area contributed by atoms with E-state index in [2.05, 4.69) is 6.07 Å². The molecule has 1 unspecified atom stereocenters.